The van der Waals surface area contributed by atoms with Crippen LogP contribution in [0.1, 0.15) is 4.88 Å². The summed E-state index contributed by atoms with van der Waals surface area (Å²) in [6.45, 7) is 0.406. The van der Waals surface area contributed by atoms with E-state index in [0.717, 1.165) is 9.35 Å². The van der Waals surface area contributed by atoms with Gasteiger partial charge in [0.25, 0.3) is 5.56 Å². The molecule has 0 bridgehead atoms. The minimum absolute atomic E-state index is 0.170. The molecular weight excluding hydrogens is 318 g/mol. The summed E-state index contributed by atoms with van der Waals surface area (Å²) in [6.07, 6.45) is 1.44. The van der Waals surface area contributed by atoms with Gasteiger partial charge in [-0.05, 0) is 22.0 Å². The van der Waals surface area contributed by atoms with Crippen LogP contribution in [0.5, 0.6) is 0 Å². The first-order chi connectivity index (χ1) is 8.65. The molecule has 0 aliphatic heterocycles. The summed E-state index contributed by atoms with van der Waals surface area (Å²) in [5.41, 5.74) is 6.31. The van der Waals surface area contributed by atoms with E-state index in [1.54, 1.807) is 11.3 Å². The van der Waals surface area contributed by atoms with Gasteiger partial charge in [0, 0.05) is 14.7 Å². The second kappa shape index (κ2) is 4.21. The maximum atomic E-state index is 12.2. The molecule has 92 valence electrons. The molecule has 0 atom stereocenters. The van der Waals surface area contributed by atoms with Crippen molar-refractivity contribution in [2.45, 2.75) is 6.54 Å². The lowest BCUT2D eigenvalue weighted by Crippen LogP contribution is -2.24. The Morgan fingerprint density at radius 1 is 1.56 bits per heavy atom. The molecule has 0 aromatic carbocycles. The number of H-pyrrole nitrogens is 1. The maximum absolute atomic E-state index is 12.2. The van der Waals surface area contributed by atoms with Crippen LogP contribution < -0.4 is 11.3 Å². The fourth-order valence-electron chi connectivity index (χ4n) is 1.68. The number of halogens is 1. The van der Waals surface area contributed by atoms with E-state index in [2.05, 4.69) is 30.9 Å². The van der Waals surface area contributed by atoms with Gasteiger partial charge in [0.15, 0.2) is 11.2 Å². The van der Waals surface area contributed by atoms with Crippen molar-refractivity contribution in [2.75, 3.05) is 5.73 Å². The van der Waals surface area contributed by atoms with E-state index < -0.39 is 0 Å². The van der Waals surface area contributed by atoms with Crippen molar-refractivity contribution >= 4 is 44.4 Å². The van der Waals surface area contributed by atoms with Gasteiger partial charge in [0.05, 0.1) is 12.9 Å². The van der Waals surface area contributed by atoms with Crippen LogP contribution in [0.3, 0.4) is 0 Å². The molecule has 3 rings (SSSR count). The number of aromatic amines is 1. The lowest BCUT2D eigenvalue weighted by Gasteiger charge is -2.06. The van der Waals surface area contributed by atoms with Crippen LogP contribution >= 0.6 is 27.3 Å². The Morgan fingerprint density at radius 3 is 3.11 bits per heavy atom. The molecule has 0 spiro atoms. The third-order valence-corrected chi connectivity index (χ3v) is 4.19. The Kier molecular flexibility index (Phi) is 2.67. The van der Waals surface area contributed by atoms with Crippen molar-refractivity contribution in [3.8, 4) is 0 Å². The highest BCUT2D eigenvalue weighted by molar-refractivity contribution is 9.10. The molecule has 0 unspecified atom stereocenters. The summed E-state index contributed by atoms with van der Waals surface area (Å²) in [5, 5.41) is 1.96. The van der Waals surface area contributed by atoms with Gasteiger partial charge in [-0.1, -0.05) is 0 Å². The Bertz CT molecular complexity index is 774. The van der Waals surface area contributed by atoms with Crippen molar-refractivity contribution < 1.29 is 0 Å². The molecule has 0 aliphatic carbocycles. The van der Waals surface area contributed by atoms with Crippen molar-refractivity contribution in [1.29, 1.82) is 0 Å². The van der Waals surface area contributed by atoms with Crippen molar-refractivity contribution in [3.05, 3.63) is 37.5 Å². The fourth-order valence-corrected chi connectivity index (χ4v) is 3.12. The number of aromatic nitrogens is 4. The van der Waals surface area contributed by atoms with E-state index in [1.807, 2.05) is 11.4 Å². The zero-order chi connectivity index (χ0) is 12.7. The zero-order valence-electron chi connectivity index (χ0n) is 9.05. The number of nitrogens with zero attached hydrogens (tertiary/aromatic N) is 3. The first-order valence-corrected chi connectivity index (χ1v) is 6.74. The number of nitrogens with one attached hydrogen (secondary N) is 1. The average Bonchev–Trinajstić information content (AvgIpc) is 2.93. The molecule has 3 aromatic rings. The zero-order valence-corrected chi connectivity index (χ0v) is 11.5. The molecule has 3 N–H and O–H groups in total. The van der Waals surface area contributed by atoms with Crippen LogP contribution in [-0.2, 0) is 6.54 Å². The van der Waals surface area contributed by atoms with Crippen LogP contribution in [-0.4, -0.2) is 19.5 Å². The minimum atomic E-state index is -0.209. The fraction of sp³-hybridized carbons (Fsp3) is 0.100. The number of hydrogen-bond acceptors (Lipinski definition) is 5. The quantitative estimate of drug-likeness (QED) is 0.748. The number of imidazole rings is 1. The van der Waals surface area contributed by atoms with Crippen molar-refractivity contribution in [2.24, 2.45) is 0 Å². The molecule has 0 amide bonds. The van der Waals surface area contributed by atoms with Crippen molar-refractivity contribution in [1.82, 2.24) is 19.5 Å². The SMILES string of the molecule is Nc1nc2nc[nH]c2c(=O)n1Cc1cc(Br)cs1. The van der Waals surface area contributed by atoms with Gasteiger partial charge < -0.3 is 10.7 Å². The molecule has 0 radical (unpaired) electrons. The Labute approximate surface area is 114 Å². The standard InChI is InChI=1S/C10H8BrN5OS/c11-5-1-6(18-3-5)2-16-9(17)7-8(14-4-13-7)15-10(16)12/h1,3-4H,2H2,(H2,12,15)(H,13,14). The minimum Gasteiger partial charge on any atom is -0.369 e. The van der Waals surface area contributed by atoms with Crippen LogP contribution in [0.4, 0.5) is 5.95 Å². The van der Waals surface area contributed by atoms with Crippen LogP contribution in [0.25, 0.3) is 11.2 Å². The van der Waals surface area contributed by atoms with Gasteiger partial charge >= 0.3 is 0 Å². The summed E-state index contributed by atoms with van der Waals surface area (Å²) in [6, 6.07) is 1.95. The molecular formula is C10H8BrN5OS. The number of anilines is 1. The second-order valence-electron chi connectivity index (χ2n) is 3.69. The monoisotopic (exact) mass is 325 g/mol. The highest BCUT2D eigenvalue weighted by atomic mass is 79.9. The molecule has 0 aliphatic rings. The van der Waals surface area contributed by atoms with Crippen LogP contribution in [0.15, 0.2) is 27.0 Å². The third-order valence-electron chi connectivity index (χ3n) is 2.51. The van der Waals surface area contributed by atoms with E-state index in [4.69, 9.17) is 5.73 Å². The van der Waals surface area contributed by atoms with Gasteiger partial charge in [-0.25, -0.2) is 4.98 Å². The maximum Gasteiger partial charge on any atom is 0.281 e. The lowest BCUT2D eigenvalue weighted by molar-refractivity contribution is 0.771. The molecule has 3 aromatic heterocycles. The van der Waals surface area contributed by atoms with Gasteiger partial charge in [-0.15, -0.1) is 11.3 Å². The lowest BCUT2D eigenvalue weighted by atomic mass is 10.4. The second-order valence-corrected chi connectivity index (χ2v) is 5.61. The highest BCUT2D eigenvalue weighted by Crippen LogP contribution is 2.20. The smallest absolute Gasteiger partial charge is 0.281 e. The summed E-state index contributed by atoms with van der Waals surface area (Å²) in [5.74, 6) is 0.170. The Balaban J connectivity index is 2.13. The molecule has 0 saturated carbocycles. The van der Waals surface area contributed by atoms with E-state index in [0.29, 0.717) is 17.7 Å². The molecule has 18 heavy (non-hydrogen) atoms. The normalized spacial score (nSPS) is 11.2. The largest absolute Gasteiger partial charge is 0.369 e. The number of thiophene rings is 1. The molecule has 3 heterocycles. The number of fused-ring (bicyclic) bond motifs is 1. The number of nitrogens with two attached hydrogens (primary N) is 1. The van der Waals surface area contributed by atoms with Crippen molar-refractivity contribution in [3.63, 3.8) is 0 Å². The Morgan fingerprint density at radius 2 is 2.39 bits per heavy atom. The van der Waals surface area contributed by atoms with Gasteiger partial charge in [0.2, 0.25) is 5.95 Å². The average molecular weight is 326 g/mol. The highest BCUT2D eigenvalue weighted by Gasteiger charge is 2.11. The Hall–Kier alpha value is -1.67. The molecule has 0 fully saturated rings. The number of nitrogen functional groups attached to an aromatic ring is 1. The molecule has 6 nitrogen and oxygen atoms in total. The van der Waals surface area contributed by atoms with Gasteiger partial charge in [0.1, 0.15) is 0 Å². The third kappa shape index (κ3) is 1.83. The predicted octanol–water partition coefficient (Wildman–Crippen LogP) is 1.57. The topological polar surface area (TPSA) is 89.6 Å². The first kappa shape index (κ1) is 11.4. The van der Waals surface area contributed by atoms with Crippen LogP contribution in [0.2, 0.25) is 0 Å². The summed E-state index contributed by atoms with van der Waals surface area (Å²) in [4.78, 5) is 24.0. The van der Waals surface area contributed by atoms with Gasteiger partial charge in [-0.3, -0.25) is 9.36 Å². The molecule has 8 heteroatoms. The van der Waals surface area contributed by atoms with E-state index in [9.17, 15) is 4.79 Å². The number of rotatable bonds is 2. The first-order valence-electron chi connectivity index (χ1n) is 5.07. The summed E-state index contributed by atoms with van der Waals surface area (Å²) in [7, 11) is 0. The van der Waals surface area contributed by atoms with E-state index in [-0.39, 0.29) is 11.5 Å². The summed E-state index contributed by atoms with van der Waals surface area (Å²) < 4.78 is 2.42. The van der Waals surface area contributed by atoms with Gasteiger partial charge in [-0.2, -0.15) is 4.98 Å². The number of hydrogen-bond donors (Lipinski definition) is 2. The molecule has 0 saturated heterocycles. The van der Waals surface area contributed by atoms with E-state index >= 15 is 0 Å². The van der Waals surface area contributed by atoms with Crippen LogP contribution in [0, 0.1) is 0 Å². The van der Waals surface area contributed by atoms with E-state index in [1.165, 1.54) is 10.9 Å². The predicted molar refractivity (Wildman–Crippen MR) is 73.7 cm³/mol. The summed E-state index contributed by atoms with van der Waals surface area (Å²) >= 11 is 4.93.